The van der Waals surface area contributed by atoms with E-state index in [1.165, 1.54) is 24.7 Å². The fourth-order valence-electron chi connectivity index (χ4n) is 2.59. The lowest BCUT2D eigenvalue weighted by Crippen LogP contribution is -3.61. The third-order valence-corrected chi connectivity index (χ3v) is 7.09. The molecule has 0 atom stereocenters. The third-order valence-electron chi connectivity index (χ3n) is 4.00. The van der Waals surface area contributed by atoms with Gasteiger partial charge in [0, 0.05) is 0 Å². The molecular formula is C24H27IO4S. The van der Waals surface area contributed by atoms with Gasteiger partial charge in [-0.2, -0.15) is 0 Å². The number of hydrogen-bond acceptors (Lipinski definition) is 4. The molecule has 0 radical (unpaired) electrons. The smallest absolute Gasteiger partial charge is 0.357 e. The van der Waals surface area contributed by atoms with Crippen molar-refractivity contribution in [2.45, 2.75) is 33.8 Å². The highest BCUT2D eigenvalue weighted by Gasteiger charge is 2.14. The lowest BCUT2D eigenvalue weighted by atomic mass is 10.0. The second-order valence-corrected chi connectivity index (χ2v) is 11.4. The summed E-state index contributed by atoms with van der Waals surface area (Å²) in [5, 5.41) is 0. The van der Waals surface area contributed by atoms with Crippen LogP contribution >= 0.6 is 0 Å². The first-order valence-corrected chi connectivity index (χ1v) is 13.1. The highest BCUT2D eigenvalue weighted by Crippen LogP contribution is 2.06. The predicted molar refractivity (Wildman–Crippen MR) is 114 cm³/mol. The van der Waals surface area contributed by atoms with Gasteiger partial charge in [0.2, 0.25) is 10.4 Å². The Balaban J connectivity index is 0.000000232. The maximum Gasteiger partial charge on any atom is 0.357 e. The molecule has 3 aromatic carbocycles. The highest BCUT2D eigenvalue weighted by atomic mass is 127. The van der Waals surface area contributed by atoms with E-state index in [2.05, 4.69) is 73.5 Å². The normalized spacial score (nSPS) is 11.1. The molecule has 0 aromatic heterocycles. The highest BCUT2D eigenvalue weighted by molar-refractivity contribution is 7.80. The summed E-state index contributed by atoms with van der Waals surface area (Å²) < 4.78 is 37.1. The van der Waals surface area contributed by atoms with Gasteiger partial charge in [0.25, 0.3) is 0 Å². The van der Waals surface area contributed by atoms with Gasteiger partial charge in [0.15, 0.2) is 7.14 Å². The van der Waals surface area contributed by atoms with Gasteiger partial charge >= 0.3 is 21.2 Å². The van der Waals surface area contributed by atoms with Crippen molar-refractivity contribution in [3.05, 3.63) is 103 Å². The summed E-state index contributed by atoms with van der Waals surface area (Å²) in [7, 11) is -4.57. The van der Waals surface area contributed by atoms with E-state index >= 15 is 0 Å². The van der Waals surface area contributed by atoms with Crippen LogP contribution in [0.3, 0.4) is 0 Å². The summed E-state index contributed by atoms with van der Waals surface area (Å²) in [5.41, 5.74) is 3.45. The van der Waals surface area contributed by atoms with Gasteiger partial charge < -0.3 is 4.55 Å². The SMILES string of the molecule is Cc1ccc([I+]c2ccc(CC(C)C)cc2)cc1.O=S(=O)([O-])OCc1ccccc1. The van der Waals surface area contributed by atoms with E-state index in [4.69, 9.17) is 0 Å². The molecule has 3 rings (SSSR count). The van der Waals surface area contributed by atoms with Crippen molar-refractivity contribution >= 4 is 10.4 Å². The van der Waals surface area contributed by atoms with E-state index in [-0.39, 0.29) is 27.8 Å². The zero-order valence-electron chi connectivity index (χ0n) is 17.4. The topological polar surface area (TPSA) is 66.4 Å². The summed E-state index contributed by atoms with van der Waals surface area (Å²) >= 11 is -0.0179. The Morgan fingerprint density at radius 2 is 1.37 bits per heavy atom. The van der Waals surface area contributed by atoms with Crippen molar-refractivity contribution in [2.75, 3.05) is 0 Å². The van der Waals surface area contributed by atoms with Crippen molar-refractivity contribution in [1.29, 1.82) is 0 Å². The summed E-state index contributed by atoms with van der Waals surface area (Å²) in [4.78, 5) is 0. The number of rotatable bonds is 7. The minimum Gasteiger partial charge on any atom is -0.726 e. The Bertz CT molecular complexity index is 984. The van der Waals surface area contributed by atoms with Crippen LogP contribution in [0.2, 0.25) is 0 Å². The van der Waals surface area contributed by atoms with Crippen LogP contribution in [0.15, 0.2) is 78.9 Å². The largest absolute Gasteiger partial charge is 0.726 e. The molecule has 0 aliphatic rings. The van der Waals surface area contributed by atoms with Gasteiger partial charge in [-0.25, -0.2) is 8.42 Å². The van der Waals surface area contributed by atoms with Crippen molar-refractivity contribution in [3.63, 3.8) is 0 Å². The van der Waals surface area contributed by atoms with Gasteiger partial charge in [-0.1, -0.05) is 74.0 Å². The van der Waals surface area contributed by atoms with Crippen molar-refractivity contribution < 1.29 is 38.4 Å². The Hall–Kier alpha value is -1.74. The zero-order chi connectivity index (χ0) is 22.0. The first-order chi connectivity index (χ1) is 14.2. The van der Waals surface area contributed by atoms with Crippen molar-refractivity contribution in [1.82, 2.24) is 0 Å². The summed E-state index contributed by atoms with van der Waals surface area (Å²) in [6.07, 6.45) is 1.18. The van der Waals surface area contributed by atoms with Gasteiger partial charge in [-0.15, -0.1) is 0 Å². The van der Waals surface area contributed by atoms with E-state index in [0.717, 1.165) is 5.92 Å². The van der Waals surface area contributed by atoms with E-state index in [0.29, 0.717) is 5.56 Å². The molecule has 0 heterocycles. The van der Waals surface area contributed by atoms with E-state index < -0.39 is 10.4 Å². The first-order valence-electron chi connectivity index (χ1n) is 9.66. The molecule has 160 valence electrons. The molecule has 0 unspecified atom stereocenters. The molecule has 30 heavy (non-hydrogen) atoms. The summed E-state index contributed by atoms with van der Waals surface area (Å²) in [5.74, 6) is 0.739. The van der Waals surface area contributed by atoms with E-state index in [1.807, 2.05) is 0 Å². The second-order valence-electron chi connectivity index (χ2n) is 7.27. The standard InChI is InChI=1S/C17H20I.C7H8O4S/c1-13(2)12-15-6-10-17(11-7-15)18-16-8-4-14(3)5-9-16;8-12(9,10)11-6-7-4-2-1-3-5-7/h4-11,13H,12H2,1-3H3;1-5H,6H2,(H,8,9,10)/q+1;/p-1. The fourth-order valence-corrected chi connectivity index (χ4v) is 5.03. The lowest BCUT2D eigenvalue weighted by molar-refractivity contribution is -0.597. The predicted octanol–water partition coefficient (Wildman–Crippen LogP) is 1.99. The maximum atomic E-state index is 10.0. The lowest BCUT2D eigenvalue weighted by Gasteiger charge is -2.06. The molecule has 0 N–H and O–H groups in total. The second kappa shape index (κ2) is 12.2. The Labute approximate surface area is 190 Å². The van der Waals surface area contributed by atoms with E-state index in [9.17, 15) is 13.0 Å². The van der Waals surface area contributed by atoms with Gasteiger partial charge in [0.05, 0.1) is 6.61 Å². The first kappa shape index (κ1) is 24.5. The molecule has 0 spiro atoms. The van der Waals surface area contributed by atoms with Crippen LogP contribution in [0.25, 0.3) is 0 Å². The number of halogens is 1. The van der Waals surface area contributed by atoms with Gasteiger partial charge in [0.1, 0.15) is 0 Å². The average molecular weight is 538 g/mol. The molecule has 0 aliphatic carbocycles. The van der Waals surface area contributed by atoms with Crippen LogP contribution in [-0.2, 0) is 27.6 Å². The van der Waals surface area contributed by atoms with Crippen LogP contribution < -0.4 is 21.2 Å². The molecule has 3 aromatic rings. The number of aryl methyl sites for hydroxylation is 1. The monoisotopic (exact) mass is 538 g/mol. The minimum atomic E-state index is -4.57. The van der Waals surface area contributed by atoms with Crippen LogP contribution in [0.1, 0.15) is 30.5 Å². The molecule has 6 heteroatoms. The Morgan fingerprint density at radius 1 is 0.833 bits per heavy atom. The zero-order valence-corrected chi connectivity index (χ0v) is 20.4. The van der Waals surface area contributed by atoms with Crippen molar-refractivity contribution in [3.8, 4) is 0 Å². The Kier molecular flexibility index (Phi) is 9.97. The minimum absolute atomic E-state index is 0.0179. The fraction of sp³-hybridized carbons (Fsp3) is 0.250. The van der Waals surface area contributed by atoms with Gasteiger partial charge in [-0.3, -0.25) is 4.18 Å². The number of hydrogen-bond donors (Lipinski definition) is 0. The van der Waals surface area contributed by atoms with E-state index in [1.54, 1.807) is 30.3 Å². The molecular weight excluding hydrogens is 511 g/mol. The third kappa shape index (κ3) is 10.3. The van der Waals surface area contributed by atoms with Crippen LogP contribution in [0.4, 0.5) is 0 Å². The van der Waals surface area contributed by atoms with Crippen molar-refractivity contribution in [2.24, 2.45) is 5.92 Å². The summed E-state index contributed by atoms with van der Waals surface area (Å²) in [6.45, 7) is 6.48. The van der Waals surface area contributed by atoms with Gasteiger partial charge in [-0.05, 0) is 54.7 Å². The van der Waals surface area contributed by atoms with Crippen LogP contribution in [-0.4, -0.2) is 13.0 Å². The average Bonchev–Trinajstić information content (AvgIpc) is 2.70. The molecule has 0 amide bonds. The molecule has 0 saturated heterocycles. The molecule has 0 fully saturated rings. The van der Waals surface area contributed by atoms with Crippen LogP contribution in [0.5, 0.6) is 0 Å². The summed E-state index contributed by atoms with van der Waals surface area (Å²) in [6, 6.07) is 26.8. The molecule has 0 aliphatic heterocycles. The number of benzene rings is 3. The molecule has 0 saturated carbocycles. The molecule has 4 nitrogen and oxygen atoms in total. The Morgan fingerprint density at radius 3 is 1.87 bits per heavy atom. The maximum absolute atomic E-state index is 10.0. The molecule has 0 bridgehead atoms. The van der Waals surface area contributed by atoms with Crippen LogP contribution in [0, 0.1) is 20.0 Å². The quantitative estimate of drug-likeness (QED) is 0.262.